The number of nitrogens with one attached hydrogen (secondary N) is 2. The third-order valence-corrected chi connectivity index (χ3v) is 5.80. The van der Waals surface area contributed by atoms with E-state index in [-0.39, 0.29) is 34.1 Å². The Morgan fingerprint density at radius 1 is 1.17 bits per heavy atom. The molecule has 1 amide bonds. The van der Waals surface area contributed by atoms with E-state index in [0.717, 1.165) is 36.8 Å². The highest BCUT2D eigenvalue weighted by molar-refractivity contribution is 6.33. The minimum absolute atomic E-state index is 0.0412. The summed E-state index contributed by atoms with van der Waals surface area (Å²) in [5.74, 6) is -0.189. The van der Waals surface area contributed by atoms with Crippen molar-refractivity contribution in [1.29, 1.82) is 0 Å². The Balaban J connectivity index is 1.59. The molecule has 2 aromatic carbocycles. The van der Waals surface area contributed by atoms with Crippen molar-refractivity contribution < 1.29 is 19.4 Å². The highest BCUT2D eigenvalue weighted by Gasteiger charge is 2.30. The molecular formula is C21H24ClN4O4+. The van der Waals surface area contributed by atoms with Gasteiger partial charge in [-0.3, -0.25) is 19.7 Å². The van der Waals surface area contributed by atoms with E-state index in [9.17, 15) is 19.7 Å². The summed E-state index contributed by atoms with van der Waals surface area (Å²) in [6, 6.07) is 11.2. The molecule has 1 fully saturated rings. The van der Waals surface area contributed by atoms with E-state index in [1.54, 1.807) is 6.92 Å². The number of hydrogen-bond acceptors (Lipinski definition) is 5. The van der Waals surface area contributed by atoms with Crippen LogP contribution < -0.4 is 15.1 Å². The van der Waals surface area contributed by atoms with Crippen molar-refractivity contribution in [1.82, 2.24) is 0 Å². The maximum absolute atomic E-state index is 12.7. The molecule has 0 saturated carbocycles. The van der Waals surface area contributed by atoms with Crippen LogP contribution >= 0.6 is 11.6 Å². The van der Waals surface area contributed by atoms with E-state index in [1.807, 2.05) is 31.2 Å². The van der Waals surface area contributed by atoms with Gasteiger partial charge in [0.25, 0.3) is 11.6 Å². The van der Waals surface area contributed by atoms with Crippen molar-refractivity contribution >= 4 is 40.4 Å². The van der Waals surface area contributed by atoms with Gasteiger partial charge in [-0.05, 0) is 44.2 Å². The topological polar surface area (TPSA) is 97.0 Å². The van der Waals surface area contributed by atoms with Gasteiger partial charge in [0.1, 0.15) is 0 Å². The third kappa shape index (κ3) is 4.95. The maximum atomic E-state index is 12.7. The van der Waals surface area contributed by atoms with E-state index < -0.39 is 4.92 Å². The first kappa shape index (κ1) is 21.7. The number of nitro benzene ring substituents is 1. The lowest BCUT2D eigenvalue weighted by Crippen LogP contribution is -3.19. The molecule has 2 N–H and O–H groups in total. The average Bonchev–Trinajstić information content (AvgIpc) is 2.74. The highest BCUT2D eigenvalue weighted by atomic mass is 35.5. The van der Waals surface area contributed by atoms with Crippen molar-refractivity contribution in [2.45, 2.75) is 19.9 Å². The van der Waals surface area contributed by atoms with Crippen molar-refractivity contribution in [2.75, 3.05) is 36.4 Å². The molecule has 1 aliphatic rings. The fourth-order valence-corrected chi connectivity index (χ4v) is 3.71. The van der Waals surface area contributed by atoms with Crippen molar-refractivity contribution in [3.8, 4) is 0 Å². The summed E-state index contributed by atoms with van der Waals surface area (Å²) in [4.78, 5) is 37.9. The van der Waals surface area contributed by atoms with Gasteiger partial charge in [0.2, 0.25) is 0 Å². The zero-order valence-corrected chi connectivity index (χ0v) is 17.6. The highest BCUT2D eigenvalue weighted by Crippen LogP contribution is 2.26. The van der Waals surface area contributed by atoms with Crippen LogP contribution in [0.25, 0.3) is 0 Å². The number of carbonyl (C=O) groups is 2. The Bertz CT molecular complexity index is 956. The van der Waals surface area contributed by atoms with Crippen molar-refractivity contribution in [3.05, 3.63) is 63.2 Å². The Kier molecular flexibility index (Phi) is 6.69. The fourth-order valence-electron chi connectivity index (χ4n) is 3.54. The molecule has 0 radical (unpaired) electrons. The minimum atomic E-state index is -0.525. The lowest BCUT2D eigenvalue weighted by molar-refractivity contribution is -0.914. The first-order valence-corrected chi connectivity index (χ1v) is 10.1. The number of hydrogen-bond donors (Lipinski definition) is 2. The molecule has 9 heteroatoms. The normalized spacial score (nSPS) is 15.5. The SMILES string of the molecule is CC(=O)c1ccc(N2CC[NH+]([C@H](C)C(=O)Nc3cc([N+](=O)[O-])ccc3Cl)CC2)cc1. The van der Waals surface area contributed by atoms with Gasteiger partial charge >= 0.3 is 0 Å². The number of nitro groups is 1. The predicted molar refractivity (Wildman–Crippen MR) is 116 cm³/mol. The second kappa shape index (κ2) is 9.23. The maximum Gasteiger partial charge on any atom is 0.282 e. The van der Waals surface area contributed by atoms with Crippen LogP contribution in [0, 0.1) is 10.1 Å². The Labute approximate surface area is 179 Å². The lowest BCUT2D eigenvalue weighted by atomic mass is 10.1. The summed E-state index contributed by atoms with van der Waals surface area (Å²) in [6.07, 6.45) is 0. The summed E-state index contributed by atoms with van der Waals surface area (Å²) < 4.78 is 0. The van der Waals surface area contributed by atoms with Gasteiger partial charge < -0.3 is 15.1 Å². The second-order valence-electron chi connectivity index (χ2n) is 7.38. The number of nitrogens with zero attached hydrogens (tertiary/aromatic N) is 2. The number of non-ortho nitro benzene ring substituents is 1. The van der Waals surface area contributed by atoms with Gasteiger partial charge in [0.05, 0.1) is 41.8 Å². The Morgan fingerprint density at radius 3 is 2.37 bits per heavy atom. The molecule has 3 rings (SSSR count). The van der Waals surface area contributed by atoms with Crippen LogP contribution in [0.1, 0.15) is 24.2 Å². The van der Waals surface area contributed by atoms with Crippen LogP contribution in [0.5, 0.6) is 0 Å². The summed E-state index contributed by atoms with van der Waals surface area (Å²) >= 11 is 6.08. The lowest BCUT2D eigenvalue weighted by Gasteiger charge is -2.36. The van der Waals surface area contributed by atoms with E-state index in [2.05, 4.69) is 10.2 Å². The molecule has 0 bridgehead atoms. The van der Waals surface area contributed by atoms with Gasteiger partial charge in [0.15, 0.2) is 11.8 Å². The Hall–Kier alpha value is -2.97. The predicted octanol–water partition coefficient (Wildman–Crippen LogP) is 2.18. The van der Waals surface area contributed by atoms with Gasteiger partial charge in [-0.15, -0.1) is 0 Å². The molecular weight excluding hydrogens is 408 g/mol. The third-order valence-electron chi connectivity index (χ3n) is 5.47. The number of carbonyl (C=O) groups excluding carboxylic acids is 2. The quantitative estimate of drug-likeness (QED) is 0.415. The molecule has 0 unspecified atom stereocenters. The zero-order chi connectivity index (χ0) is 21.8. The van der Waals surface area contributed by atoms with Gasteiger partial charge in [-0.25, -0.2) is 0 Å². The minimum Gasteiger partial charge on any atom is -0.360 e. The molecule has 30 heavy (non-hydrogen) atoms. The largest absolute Gasteiger partial charge is 0.360 e. The summed E-state index contributed by atoms with van der Waals surface area (Å²) in [5, 5.41) is 13.9. The number of benzene rings is 2. The molecule has 0 aromatic heterocycles. The number of rotatable bonds is 6. The number of quaternary nitrogens is 1. The first-order valence-electron chi connectivity index (χ1n) is 9.71. The van der Waals surface area contributed by atoms with Crippen LogP contribution in [0.15, 0.2) is 42.5 Å². The molecule has 0 aliphatic carbocycles. The Morgan fingerprint density at radius 2 is 1.80 bits per heavy atom. The van der Waals surface area contributed by atoms with Crippen molar-refractivity contribution in [3.63, 3.8) is 0 Å². The smallest absolute Gasteiger partial charge is 0.282 e. The standard InChI is InChI=1S/C21H23ClN4O4/c1-14(21(28)23-20-13-18(26(29)30)7-8-19(20)22)24-9-11-25(12-10-24)17-5-3-16(4-6-17)15(2)27/h3-8,13-14H,9-12H2,1-2H3,(H,23,28)/p+1/t14-/m1/s1. The number of anilines is 2. The number of halogens is 1. The molecule has 0 spiro atoms. The van der Waals surface area contributed by atoms with Gasteiger partial charge in [-0.2, -0.15) is 0 Å². The number of ketones is 1. The van der Waals surface area contributed by atoms with Crippen LogP contribution in [-0.4, -0.2) is 48.8 Å². The van der Waals surface area contributed by atoms with E-state index in [0.29, 0.717) is 5.56 Å². The first-order chi connectivity index (χ1) is 14.3. The summed E-state index contributed by atoms with van der Waals surface area (Å²) in [7, 11) is 0. The van der Waals surface area contributed by atoms with E-state index >= 15 is 0 Å². The fraction of sp³-hybridized carbons (Fsp3) is 0.333. The summed E-state index contributed by atoms with van der Waals surface area (Å²) in [5.41, 5.74) is 1.86. The molecule has 158 valence electrons. The monoisotopic (exact) mass is 431 g/mol. The van der Waals surface area contributed by atoms with Crippen LogP contribution in [0.3, 0.4) is 0 Å². The molecule has 8 nitrogen and oxygen atoms in total. The van der Waals surface area contributed by atoms with Crippen molar-refractivity contribution in [2.24, 2.45) is 0 Å². The molecule has 1 atom stereocenters. The molecule has 1 aliphatic heterocycles. The van der Waals surface area contributed by atoms with Crippen LogP contribution in [0.4, 0.5) is 17.1 Å². The zero-order valence-electron chi connectivity index (χ0n) is 16.9. The van der Waals surface area contributed by atoms with E-state index in [4.69, 9.17) is 11.6 Å². The van der Waals surface area contributed by atoms with Crippen LogP contribution in [-0.2, 0) is 4.79 Å². The summed E-state index contributed by atoms with van der Waals surface area (Å²) in [6.45, 7) is 6.49. The second-order valence-corrected chi connectivity index (χ2v) is 7.79. The molecule has 1 heterocycles. The van der Waals surface area contributed by atoms with Gasteiger partial charge in [-0.1, -0.05) is 11.6 Å². The van der Waals surface area contributed by atoms with E-state index in [1.165, 1.54) is 18.2 Å². The number of piperazine rings is 1. The van der Waals surface area contributed by atoms with Crippen LogP contribution in [0.2, 0.25) is 5.02 Å². The number of amides is 1. The molecule has 2 aromatic rings. The molecule has 1 saturated heterocycles. The average molecular weight is 432 g/mol. The number of Topliss-reactive ketones (excluding diaryl/α,β-unsaturated/α-hetero) is 1. The van der Waals surface area contributed by atoms with Gasteiger partial charge in [0, 0.05) is 23.4 Å².